The monoisotopic (exact) mass is 308 g/mol. The molecule has 1 aromatic rings. The third kappa shape index (κ3) is 4.51. The van der Waals surface area contributed by atoms with Crippen LogP contribution in [0.2, 0.25) is 0 Å². The van der Waals surface area contributed by atoms with E-state index in [9.17, 15) is 0 Å². The zero-order chi connectivity index (χ0) is 15.2. The van der Waals surface area contributed by atoms with Gasteiger partial charge in [0.15, 0.2) is 0 Å². The minimum Gasteiger partial charge on any atom is -0.377 e. The molecule has 0 N–H and O–H groups in total. The highest BCUT2D eigenvalue weighted by atomic mass is 16.5. The van der Waals surface area contributed by atoms with Crippen molar-refractivity contribution in [3.05, 3.63) is 12.7 Å². The zero-order valence-electron chi connectivity index (χ0n) is 13.6. The molecule has 6 heteroatoms. The minimum absolute atomic E-state index is 0.198. The topological polar surface area (TPSA) is 52.4 Å². The van der Waals surface area contributed by atoms with Crippen molar-refractivity contribution in [3.8, 4) is 0 Å². The number of ether oxygens (including phenoxy) is 2. The van der Waals surface area contributed by atoms with Crippen LogP contribution >= 0.6 is 0 Å². The van der Waals surface area contributed by atoms with Crippen molar-refractivity contribution >= 4 is 0 Å². The van der Waals surface area contributed by atoms with Crippen LogP contribution in [0.1, 0.15) is 32.6 Å². The van der Waals surface area contributed by atoms with Gasteiger partial charge in [-0.2, -0.15) is 5.10 Å². The largest absolute Gasteiger partial charge is 0.377 e. The van der Waals surface area contributed by atoms with Gasteiger partial charge in [-0.15, -0.1) is 0 Å². The van der Waals surface area contributed by atoms with Gasteiger partial charge in [-0.1, -0.05) is 19.8 Å². The Kier molecular flexibility index (Phi) is 5.81. The highest BCUT2D eigenvalue weighted by Gasteiger charge is 2.23. The highest BCUT2D eigenvalue weighted by molar-refractivity contribution is 4.75. The fourth-order valence-corrected chi connectivity index (χ4v) is 3.49. The first-order chi connectivity index (χ1) is 10.8. The molecule has 0 amide bonds. The second-order valence-electron chi connectivity index (χ2n) is 6.58. The molecule has 22 heavy (non-hydrogen) atoms. The quantitative estimate of drug-likeness (QED) is 0.798. The average Bonchev–Trinajstić information content (AvgIpc) is 3.03. The van der Waals surface area contributed by atoms with Gasteiger partial charge in [-0.3, -0.25) is 9.58 Å². The van der Waals surface area contributed by atoms with Crippen LogP contribution in [-0.2, 0) is 16.0 Å². The van der Waals surface area contributed by atoms with E-state index in [1.54, 1.807) is 12.7 Å². The Labute approximate surface area is 132 Å². The van der Waals surface area contributed by atoms with Gasteiger partial charge in [0.25, 0.3) is 0 Å². The lowest BCUT2D eigenvalue weighted by Crippen LogP contribution is -2.45. The van der Waals surface area contributed by atoms with E-state index in [0.717, 1.165) is 45.3 Å². The van der Waals surface area contributed by atoms with Gasteiger partial charge >= 0.3 is 0 Å². The lowest BCUT2D eigenvalue weighted by atomic mass is 9.88. The maximum atomic E-state index is 6.13. The molecule has 1 saturated carbocycles. The van der Waals surface area contributed by atoms with Crippen molar-refractivity contribution in [1.29, 1.82) is 0 Å². The highest BCUT2D eigenvalue weighted by Crippen LogP contribution is 2.26. The molecule has 3 atom stereocenters. The molecule has 0 radical (unpaired) electrons. The summed E-state index contributed by atoms with van der Waals surface area (Å²) in [5.41, 5.74) is 0. The van der Waals surface area contributed by atoms with E-state index in [1.165, 1.54) is 25.7 Å². The predicted molar refractivity (Wildman–Crippen MR) is 83.6 cm³/mol. The summed E-state index contributed by atoms with van der Waals surface area (Å²) < 4.78 is 13.8. The second kappa shape index (κ2) is 8.04. The molecular formula is C16H28N4O2. The van der Waals surface area contributed by atoms with Crippen LogP contribution in [0, 0.1) is 5.92 Å². The minimum atomic E-state index is 0.198. The molecule has 2 heterocycles. The molecule has 3 rings (SSSR count). The Hall–Kier alpha value is -0.980. The lowest BCUT2D eigenvalue weighted by Gasteiger charge is -2.34. The average molecular weight is 308 g/mol. The van der Waals surface area contributed by atoms with Crippen LogP contribution in [0.15, 0.2) is 12.7 Å². The number of hydrogen-bond donors (Lipinski definition) is 0. The van der Waals surface area contributed by atoms with E-state index < -0.39 is 0 Å². The Morgan fingerprint density at radius 1 is 1.32 bits per heavy atom. The molecule has 1 aliphatic carbocycles. The first-order valence-electron chi connectivity index (χ1n) is 8.59. The number of nitrogens with zero attached hydrogens (tertiary/aromatic N) is 4. The zero-order valence-corrected chi connectivity index (χ0v) is 13.6. The fourth-order valence-electron chi connectivity index (χ4n) is 3.49. The first kappa shape index (κ1) is 15.9. The van der Waals surface area contributed by atoms with Gasteiger partial charge in [0.2, 0.25) is 0 Å². The summed E-state index contributed by atoms with van der Waals surface area (Å²) in [5.74, 6) is 0.721. The van der Waals surface area contributed by atoms with Crippen molar-refractivity contribution in [2.75, 3.05) is 32.8 Å². The molecule has 124 valence electrons. The molecule has 1 saturated heterocycles. The third-order valence-corrected chi connectivity index (χ3v) is 4.85. The number of aromatic nitrogens is 3. The van der Waals surface area contributed by atoms with Gasteiger partial charge in [-0.05, 0) is 18.8 Å². The van der Waals surface area contributed by atoms with E-state index in [1.807, 2.05) is 4.68 Å². The lowest BCUT2D eigenvalue weighted by molar-refractivity contribution is -0.0577. The number of rotatable bonds is 6. The van der Waals surface area contributed by atoms with Crippen molar-refractivity contribution in [2.24, 2.45) is 5.92 Å². The molecule has 1 aromatic heterocycles. The van der Waals surface area contributed by atoms with E-state index in [4.69, 9.17) is 9.47 Å². The summed E-state index contributed by atoms with van der Waals surface area (Å²) >= 11 is 0. The standard InChI is InChI=1S/C16H28N4O2/c1-14-4-2-3-5-16(14)22-9-7-19-6-8-21-15(10-19)11-20-13-17-12-18-20/h12-16H,2-11H2,1H3. The summed E-state index contributed by atoms with van der Waals surface area (Å²) in [6, 6.07) is 0. The van der Waals surface area contributed by atoms with Crippen molar-refractivity contribution in [1.82, 2.24) is 19.7 Å². The molecular weight excluding hydrogens is 280 g/mol. The smallest absolute Gasteiger partial charge is 0.137 e. The molecule has 1 aliphatic heterocycles. The number of morpholine rings is 1. The summed E-state index contributed by atoms with van der Waals surface area (Å²) in [5, 5.41) is 4.15. The second-order valence-corrected chi connectivity index (χ2v) is 6.58. The van der Waals surface area contributed by atoms with Crippen molar-refractivity contribution < 1.29 is 9.47 Å². The van der Waals surface area contributed by atoms with Crippen LogP contribution < -0.4 is 0 Å². The summed E-state index contributed by atoms with van der Waals surface area (Å²) in [7, 11) is 0. The summed E-state index contributed by atoms with van der Waals surface area (Å²) in [6.07, 6.45) is 9.24. The number of hydrogen-bond acceptors (Lipinski definition) is 5. The van der Waals surface area contributed by atoms with E-state index in [0.29, 0.717) is 6.10 Å². The molecule has 3 unspecified atom stereocenters. The maximum absolute atomic E-state index is 6.13. The predicted octanol–water partition coefficient (Wildman–Crippen LogP) is 1.57. The summed E-state index contributed by atoms with van der Waals surface area (Å²) in [4.78, 5) is 6.42. The van der Waals surface area contributed by atoms with Gasteiger partial charge in [0, 0.05) is 19.6 Å². The van der Waals surface area contributed by atoms with Gasteiger partial charge in [0.1, 0.15) is 12.7 Å². The van der Waals surface area contributed by atoms with Crippen molar-refractivity contribution in [2.45, 2.75) is 51.4 Å². The Bertz CT molecular complexity index is 426. The maximum Gasteiger partial charge on any atom is 0.137 e. The fraction of sp³-hybridized carbons (Fsp3) is 0.875. The van der Waals surface area contributed by atoms with Crippen molar-refractivity contribution in [3.63, 3.8) is 0 Å². The molecule has 6 nitrogen and oxygen atoms in total. The van der Waals surface area contributed by atoms with Gasteiger partial charge in [0.05, 0.1) is 32.0 Å². The van der Waals surface area contributed by atoms with Crippen LogP contribution in [0.5, 0.6) is 0 Å². The van der Waals surface area contributed by atoms with Crippen LogP contribution in [0.25, 0.3) is 0 Å². The summed E-state index contributed by atoms with van der Waals surface area (Å²) in [6.45, 7) is 7.68. The van der Waals surface area contributed by atoms with Crippen LogP contribution in [0.3, 0.4) is 0 Å². The van der Waals surface area contributed by atoms with Crippen LogP contribution in [0.4, 0.5) is 0 Å². The molecule has 2 fully saturated rings. The Morgan fingerprint density at radius 3 is 3.05 bits per heavy atom. The Balaban J connectivity index is 1.37. The molecule has 0 bridgehead atoms. The normalized spacial score (nSPS) is 30.5. The van der Waals surface area contributed by atoms with Gasteiger partial charge < -0.3 is 9.47 Å². The molecule has 0 spiro atoms. The molecule has 2 aliphatic rings. The van der Waals surface area contributed by atoms with Crippen LogP contribution in [-0.4, -0.2) is 64.7 Å². The van der Waals surface area contributed by atoms with E-state index in [2.05, 4.69) is 21.9 Å². The van der Waals surface area contributed by atoms with E-state index >= 15 is 0 Å². The molecule has 0 aromatic carbocycles. The van der Waals surface area contributed by atoms with Gasteiger partial charge in [-0.25, -0.2) is 4.98 Å². The third-order valence-electron chi connectivity index (χ3n) is 4.85. The van der Waals surface area contributed by atoms with E-state index in [-0.39, 0.29) is 6.10 Å². The Morgan fingerprint density at radius 2 is 2.23 bits per heavy atom. The first-order valence-corrected chi connectivity index (χ1v) is 8.59. The SMILES string of the molecule is CC1CCCCC1OCCN1CCOC(Cn2cncn2)C1.